The molecule has 5 rings (SSSR count). The maximum absolute atomic E-state index is 13.6. The lowest BCUT2D eigenvalue weighted by molar-refractivity contribution is -0.121. The molecule has 152 valence electrons. The van der Waals surface area contributed by atoms with Crippen molar-refractivity contribution in [1.29, 1.82) is 0 Å². The van der Waals surface area contributed by atoms with Crippen LogP contribution >= 0.6 is 0 Å². The van der Waals surface area contributed by atoms with Crippen LogP contribution in [0.25, 0.3) is 0 Å². The van der Waals surface area contributed by atoms with Crippen molar-refractivity contribution in [3.63, 3.8) is 0 Å². The van der Waals surface area contributed by atoms with Gasteiger partial charge in [0.05, 0.1) is 6.04 Å². The van der Waals surface area contributed by atoms with Crippen molar-refractivity contribution in [1.82, 2.24) is 20.1 Å². The summed E-state index contributed by atoms with van der Waals surface area (Å²) in [5, 5.41) is 10.3. The summed E-state index contributed by atoms with van der Waals surface area (Å²) < 4.78 is 0. The van der Waals surface area contributed by atoms with Gasteiger partial charge in [-0.2, -0.15) is 5.10 Å². The molecular weight excluding hydrogens is 378 g/mol. The van der Waals surface area contributed by atoms with E-state index in [-0.39, 0.29) is 11.8 Å². The van der Waals surface area contributed by atoms with Gasteiger partial charge in [0.1, 0.15) is 5.41 Å². The third kappa shape index (κ3) is 2.44. The Balaban J connectivity index is 1.66. The number of pyridine rings is 1. The van der Waals surface area contributed by atoms with Crippen molar-refractivity contribution in [2.75, 3.05) is 11.9 Å². The van der Waals surface area contributed by atoms with E-state index in [0.29, 0.717) is 18.7 Å². The van der Waals surface area contributed by atoms with Crippen molar-refractivity contribution in [2.45, 2.75) is 38.1 Å². The van der Waals surface area contributed by atoms with E-state index in [9.17, 15) is 9.59 Å². The number of hydrogen-bond acceptors (Lipinski definition) is 4. The molecule has 0 aliphatic carbocycles. The minimum Gasteiger partial charge on any atom is -0.329 e. The molecule has 2 aliphatic heterocycles. The zero-order valence-electron chi connectivity index (χ0n) is 17.0. The van der Waals surface area contributed by atoms with E-state index in [4.69, 9.17) is 0 Å². The third-order valence-corrected chi connectivity index (χ3v) is 6.51. The predicted octanol–water partition coefficient (Wildman–Crippen LogP) is 3.15. The molecule has 2 unspecified atom stereocenters. The van der Waals surface area contributed by atoms with Gasteiger partial charge in [0.25, 0.3) is 5.91 Å². The molecule has 7 heteroatoms. The number of nitrogens with one attached hydrogen (secondary N) is 2. The second kappa shape index (κ2) is 6.79. The molecule has 1 aromatic carbocycles. The van der Waals surface area contributed by atoms with Crippen molar-refractivity contribution in [3.05, 3.63) is 76.9 Å². The maximum atomic E-state index is 13.6. The minimum absolute atomic E-state index is 0.0687. The molecule has 4 heterocycles. The zero-order valence-corrected chi connectivity index (χ0v) is 17.0. The number of para-hydroxylation sites is 1. The zero-order chi connectivity index (χ0) is 20.9. The normalized spacial score (nSPS) is 22.4. The number of anilines is 1. The lowest BCUT2D eigenvalue weighted by Crippen LogP contribution is -2.42. The molecule has 2 N–H and O–H groups in total. The molecule has 2 aromatic heterocycles. The number of carbonyl (C=O) groups is 2. The second-order valence-electron chi connectivity index (χ2n) is 7.94. The first-order valence-corrected chi connectivity index (χ1v) is 10.2. The van der Waals surface area contributed by atoms with E-state index in [1.807, 2.05) is 50.2 Å². The summed E-state index contributed by atoms with van der Waals surface area (Å²) in [5.74, 6) is -0.229. The molecule has 30 heavy (non-hydrogen) atoms. The summed E-state index contributed by atoms with van der Waals surface area (Å²) in [6.07, 6.45) is 4.77. The van der Waals surface area contributed by atoms with Crippen LogP contribution in [0.15, 0.2) is 48.8 Å². The summed E-state index contributed by atoms with van der Waals surface area (Å²) in [7, 11) is 0. The highest BCUT2D eigenvalue weighted by atomic mass is 16.2. The first-order chi connectivity index (χ1) is 14.6. The fourth-order valence-corrected chi connectivity index (χ4v) is 5.03. The van der Waals surface area contributed by atoms with Crippen molar-refractivity contribution in [3.8, 4) is 0 Å². The van der Waals surface area contributed by atoms with E-state index in [2.05, 4.69) is 20.5 Å². The Kier molecular flexibility index (Phi) is 4.20. The highest BCUT2D eigenvalue weighted by molar-refractivity contribution is 6.08. The van der Waals surface area contributed by atoms with Crippen molar-refractivity contribution >= 4 is 17.5 Å². The number of aromatic amines is 1. The molecule has 0 bridgehead atoms. The van der Waals surface area contributed by atoms with Crippen LogP contribution in [0.4, 0.5) is 5.69 Å². The molecule has 1 fully saturated rings. The lowest BCUT2D eigenvalue weighted by Gasteiger charge is -2.34. The topological polar surface area (TPSA) is 91.0 Å². The number of rotatable bonds is 3. The number of carbonyl (C=O) groups excluding carboxylic acids is 2. The summed E-state index contributed by atoms with van der Waals surface area (Å²) >= 11 is 0. The van der Waals surface area contributed by atoms with E-state index in [1.165, 1.54) is 0 Å². The van der Waals surface area contributed by atoms with Crippen LogP contribution in [0.3, 0.4) is 0 Å². The Bertz CT molecular complexity index is 1140. The Labute approximate surface area is 174 Å². The van der Waals surface area contributed by atoms with Crippen LogP contribution in [-0.2, 0) is 16.6 Å². The quantitative estimate of drug-likeness (QED) is 0.705. The SMILES string of the molecule is CCc1[nH]nc(C(=O)N2CCC3(C(=O)Nc4ccccc43)C2c2cccnc2)c1C. The fourth-order valence-electron chi connectivity index (χ4n) is 5.03. The van der Waals surface area contributed by atoms with Crippen LogP contribution in [0.5, 0.6) is 0 Å². The van der Waals surface area contributed by atoms with Gasteiger partial charge in [-0.1, -0.05) is 31.2 Å². The number of hydrogen-bond donors (Lipinski definition) is 2. The summed E-state index contributed by atoms with van der Waals surface area (Å²) in [6, 6.07) is 11.1. The molecule has 2 amide bonds. The minimum atomic E-state index is -0.840. The number of nitrogens with zero attached hydrogens (tertiary/aromatic N) is 3. The predicted molar refractivity (Wildman–Crippen MR) is 112 cm³/mol. The Hall–Kier alpha value is -3.48. The fraction of sp³-hybridized carbons (Fsp3) is 0.304. The molecule has 3 aromatic rings. The number of likely N-dealkylation sites (tertiary alicyclic amines) is 1. The van der Waals surface area contributed by atoms with Gasteiger partial charge in [0, 0.05) is 35.9 Å². The molecule has 7 nitrogen and oxygen atoms in total. The molecule has 0 radical (unpaired) electrons. The lowest BCUT2D eigenvalue weighted by atomic mass is 9.73. The highest BCUT2D eigenvalue weighted by Crippen LogP contribution is 2.54. The highest BCUT2D eigenvalue weighted by Gasteiger charge is 2.59. The summed E-state index contributed by atoms with van der Waals surface area (Å²) in [5.41, 5.74) is 4.00. The summed E-state index contributed by atoms with van der Waals surface area (Å²) in [6.45, 7) is 4.41. The first-order valence-electron chi connectivity index (χ1n) is 10.2. The average molecular weight is 401 g/mol. The molecule has 0 saturated carbocycles. The van der Waals surface area contributed by atoms with E-state index >= 15 is 0 Å². The Morgan fingerprint density at radius 2 is 2.10 bits per heavy atom. The number of amides is 2. The molecular formula is C23H23N5O2. The smallest absolute Gasteiger partial charge is 0.275 e. The van der Waals surface area contributed by atoms with Gasteiger partial charge in [-0.05, 0) is 43.0 Å². The average Bonchev–Trinajstić information content (AvgIpc) is 3.43. The number of fused-ring (bicyclic) bond motifs is 2. The van der Waals surface area contributed by atoms with Gasteiger partial charge >= 0.3 is 0 Å². The number of H-pyrrole nitrogens is 1. The number of aryl methyl sites for hydroxylation is 1. The van der Waals surface area contributed by atoms with Crippen LogP contribution in [0.2, 0.25) is 0 Å². The van der Waals surface area contributed by atoms with Gasteiger partial charge in [0.2, 0.25) is 5.91 Å². The van der Waals surface area contributed by atoms with E-state index in [1.54, 1.807) is 17.3 Å². The van der Waals surface area contributed by atoms with Gasteiger partial charge in [-0.15, -0.1) is 0 Å². The second-order valence-corrected chi connectivity index (χ2v) is 7.94. The standard InChI is InChI=1S/C23H23N5O2/c1-3-17-14(2)19(27-26-17)21(29)28-12-10-23(20(28)15-7-6-11-24-13-15)16-8-4-5-9-18(16)25-22(23)30/h4-9,11,13,20H,3,10,12H2,1-2H3,(H,25,30)(H,26,27). The van der Waals surface area contributed by atoms with Crippen LogP contribution in [0.1, 0.15) is 52.3 Å². The van der Waals surface area contributed by atoms with Crippen molar-refractivity contribution in [2.24, 2.45) is 0 Å². The third-order valence-electron chi connectivity index (χ3n) is 6.51. The largest absolute Gasteiger partial charge is 0.329 e. The summed E-state index contributed by atoms with van der Waals surface area (Å²) in [4.78, 5) is 33.1. The van der Waals surface area contributed by atoms with E-state index < -0.39 is 11.5 Å². The van der Waals surface area contributed by atoms with Gasteiger partial charge < -0.3 is 10.2 Å². The molecule has 2 atom stereocenters. The number of aromatic nitrogens is 3. The van der Waals surface area contributed by atoms with Gasteiger partial charge in [-0.25, -0.2) is 0 Å². The van der Waals surface area contributed by atoms with Crippen LogP contribution < -0.4 is 5.32 Å². The molecule has 1 spiro atoms. The first kappa shape index (κ1) is 18.5. The monoisotopic (exact) mass is 401 g/mol. The van der Waals surface area contributed by atoms with Gasteiger partial charge in [0.15, 0.2) is 5.69 Å². The van der Waals surface area contributed by atoms with E-state index in [0.717, 1.165) is 34.5 Å². The van der Waals surface area contributed by atoms with Gasteiger partial charge in [-0.3, -0.25) is 19.7 Å². The molecule has 2 aliphatic rings. The Morgan fingerprint density at radius 3 is 2.83 bits per heavy atom. The Morgan fingerprint density at radius 1 is 1.27 bits per heavy atom. The number of benzene rings is 1. The van der Waals surface area contributed by atoms with Crippen molar-refractivity contribution < 1.29 is 9.59 Å². The van der Waals surface area contributed by atoms with Crippen LogP contribution in [0, 0.1) is 6.92 Å². The van der Waals surface area contributed by atoms with Crippen LogP contribution in [-0.4, -0.2) is 38.4 Å². The molecule has 1 saturated heterocycles. The maximum Gasteiger partial charge on any atom is 0.275 e.